The smallest absolute Gasteiger partial charge is 0.377 e. The van der Waals surface area contributed by atoms with Gasteiger partial charge in [0.2, 0.25) is 0 Å². The summed E-state index contributed by atoms with van der Waals surface area (Å²) in [6, 6.07) is 0. The maximum atomic E-state index is 10.7. The van der Waals surface area contributed by atoms with Crippen LogP contribution in [0.15, 0.2) is 0 Å². The molecule has 1 saturated heterocycles. The Kier molecular flexibility index (Phi) is 2.24. The van der Waals surface area contributed by atoms with Crippen LogP contribution >= 0.6 is 0 Å². The third kappa shape index (κ3) is 1.40. The lowest BCUT2D eigenvalue weighted by atomic mass is 10.1. The van der Waals surface area contributed by atoms with E-state index in [4.69, 9.17) is 5.11 Å². The van der Waals surface area contributed by atoms with E-state index in [1.807, 2.05) is 6.92 Å². The molecule has 1 aliphatic heterocycles. The van der Waals surface area contributed by atoms with Crippen molar-refractivity contribution in [1.82, 2.24) is 0 Å². The molecule has 4 heteroatoms. The van der Waals surface area contributed by atoms with Crippen molar-refractivity contribution < 1.29 is 19.4 Å². The number of aliphatic hydroxyl groups is 1. The van der Waals surface area contributed by atoms with E-state index in [9.17, 15) is 9.59 Å². The molecule has 4 nitrogen and oxygen atoms in total. The molecule has 1 N–H and O–H groups in total. The third-order valence-electron chi connectivity index (χ3n) is 1.65. The van der Waals surface area contributed by atoms with E-state index in [0.717, 1.165) is 6.42 Å². The number of ketones is 1. The summed E-state index contributed by atoms with van der Waals surface area (Å²) in [4.78, 5) is 21.2. The Morgan fingerprint density at radius 1 is 1.55 bits per heavy atom. The molecular weight excluding hydrogens is 148 g/mol. The highest BCUT2D eigenvalue weighted by molar-refractivity contribution is 6.37. The van der Waals surface area contributed by atoms with Crippen LogP contribution in [0.3, 0.4) is 0 Å². The van der Waals surface area contributed by atoms with Crippen molar-refractivity contribution >= 4 is 11.8 Å². The predicted octanol–water partition coefficient (Wildman–Crippen LogP) is -0.358. The Labute approximate surface area is 64.2 Å². The molecule has 0 aromatic carbocycles. The Morgan fingerprint density at radius 3 is 2.55 bits per heavy atom. The van der Waals surface area contributed by atoms with Crippen molar-refractivity contribution in [2.45, 2.75) is 32.0 Å². The van der Waals surface area contributed by atoms with Gasteiger partial charge in [-0.3, -0.25) is 4.79 Å². The van der Waals surface area contributed by atoms with Crippen LogP contribution in [0.1, 0.15) is 19.8 Å². The number of carbonyl (C=O) groups is 2. The molecule has 0 amide bonds. The van der Waals surface area contributed by atoms with E-state index in [1.165, 1.54) is 0 Å². The topological polar surface area (TPSA) is 63.6 Å². The molecule has 1 heterocycles. The first-order chi connectivity index (χ1) is 5.16. The molecule has 2 unspecified atom stereocenters. The fourth-order valence-electron chi connectivity index (χ4n) is 1.05. The van der Waals surface area contributed by atoms with Crippen LogP contribution in [0.2, 0.25) is 0 Å². The molecule has 62 valence electrons. The summed E-state index contributed by atoms with van der Waals surface area (Å²) in [6.07, 6.45) is -0.525. The van der Waals surface area contributed by atoms with Crippen molar-refractivity contribution in [3.05, 3.63) is 0 Å². The van der Waals surface area contributed by atoms with E-state index in [0.29, 0.717) is 6.42 Å². The van der Waals surface area contributed by atoms with E-state index in [-0.39, 0.29) is 0 Å². The molecule has 0 radical (unpaired) electrons. The minimum absolute atomic E-state index is 0.540. The second kappa shape index (κ2) is 3.00. The van der Waals surface area contributed by atoms with Gasteiger partial charge in [0, 0.05) is 0 Å². The van der Waals surface area contributed by atoms with E-state index in [2.05, 4.69) is 4.74 Å². The van der Waals surface area contributed by atoms with Crippen molar-refractivity contribution in [1.29, 1.82) is 0 Å². The number of Topliss-reactive ketones (excluding diaryl/α,β-unsaturated/α-hetero) is 1. The molecule has 1 aliphatic rings. The molecule has 0 aromatic rings. The zero-order chi connectivity index (χ0) is 8.43. The van der Waals surface area contributed by atoms with Crippen molar-refractivity contribution in [3.63, 3.8) is 0 Å². The zero-order valence-corrected chi connectivity index (χ0v) is 6.24. The molecule has 1 fully saturated rings. The molecule has 0 bridgehead atoms. The fourth-order valence-corrected chi connectivity index (χ4v) is 1.05. The molecule has 1 rings (SSSR count). The second-order valence-electron chi connectivity index (χ2n) is 2.54. The maximum Gasteiger partial charge on any atom is 0.377 e. The van der Waals surface area contributed by atoms with Gasteiger partial charge in [0.05, 0.1) is 0 Å². The minimum Gasteiger partial charge on any atom is -0.453 e. The predicted molar refractivity (Wildman–Crippen MR) is 35.8 cm³/mol. The van der Waals surface area contributed by atoms with Crippen LogP contribution in [0.25, 0.3) is 0 Å². The summed E-state index contributed by atoms with van der Waals surface area (Å²) in [5, 5.41) is 9.06. The monoisotopic (exact) mass is 158 g/mol. The van der Waals surface area contributed by atoms with Crippen LogP contribution in [0.5, 0.6) is 0 Å². The fraction of sp³-hybridized carbons (Fsp3) is 0.714. The summed E-state index contributed by atoms with van der Waals surface area (Å²) >= 11 is 0. The molecule has 0 saturated carbocycles. The van der Waals surface area contributed by atoms with Gasteiger partial charge in [0.15, 0.2) is 6.10 Å². The second-order valence-corrected chi connectivity index (χ2v) is 2.54. The van der Waals surface area contributed by atoms with Gasteiger partial charge < -0.3 is 9.84 Å². The summed E-state index contributed by atoms with van der Waals surface area (Å²) in [7, 11) is 0. The van der Waals surface area contributed by atoms with Gasteiger partial charge in [-0.05, 0) is 6.42 Å². The van der Waals surface area contributed by atoms with Crippen LogP contribution < -0.4 is 0 Å². The quantitative estimate of drug-likeness (QED) is 0.440. The van der Waals surface area contributed by atoms with Crippen molar-refractivity contribution in [2.75, 3.05) is 0 Å². The lowest BCUT2D eigenvalue weighted by Crippen LogP contribution is -2.26. The number of carbonyl (C=O) groups excluding carboxylic acids is 2. The zero-order valence-electron chi connectivity index (χ0n) is 6.24. The number of cyclic esters (lactones) is 1. The van der Waals surface area contributed by atoms with Gasteiger partial charge in [0.25, 0.3) is 5.78 Å². The number of esters is 1. The highest BCUT2D eigenvalue weighted by Crippen LogP contribution is 2.15. The standard InChI is InChI=1S/C7H10O4/c1-2-3-4-5(8)6(9)7(10)11-4/h4-5,8H,2-3H2,1H3. The Morgan fingerprint density at radius 2 is 2.18 bits per heavy atom. The van der Waals surface area contributed by atoms with Crippen molar-refractivity contribution in [3.8, 4) is 0 Å². The number of rotatable bonds is 2. The van der Waals surface area contributed by atoms with Gasteiger partial charge >= 0.3 is 5.97 Å². The SMILES string of the molecule is CCCC1OC(=O)C(=O)C1O. The van der Waals surface area contributed by atoms with Gasteiger partial charge in [0.1, 0.15) is 6.10 Å². The Balaban J connectivity index is 2.59. The highest BCUT2D eigenvalue weighted by atomic mass is 16.6. The molecule has 2 atom stereocenters. The largest absolute Gasteiger partial charge is 0.453 e. The van der Waals surface area contributed by atoms with Gasteiger partial charge in [-0.25, -0.2) is 4.79 Å². The highest BCUT2D eigenvalue weighted by Gasteiger charge is 2.41. The first-order valence-corrected chi connectivity index (χ1v) is 3.59. The van der Waals surface area contributed by atoms with Crippen molar-refractivity contribution in [2.24, 2.45) is 0 Å². The lowest BCUT2D eigenvalue weighted by molar-refractivity contribution is -0.149. The average Bonchev–Trinajstić information content (AvgIpc) is 2.19. The van der Waals surface area contributed by atoms with E-state index in [1.54, 1.807) is 0 Å². The van der Waals surface area contributed by atoms with E-state index < -0.39 is 24.0 Å². The van der Waals surface area contributed by atoms with E-state index >= 15 is 0 Å². The van der Waals surface area contributed by atoms with Gasteiger partial charge in [-0.15, -0.1) is 0 Å². The summed E-state index contributed by atoms with van der Waals surface area (Å²) < 4.78 is 4.59. The molecule has 0 aromatic heterocycles. The third-order valence-corrected chi connectivity index (χ3v) is 1.65. The molecule has 11 heavy (non-hydrogen) atoms. The van der Waals surface area contributed by atoms with Gasteiger partial charge in [-0.2, -0.15) is 0 Å². The normalized spacial score (nSPS) is 30.7. The van der Waals surface area contributed by atoms with Crippen LogP contribution in [0.4, 0.5) is 0 Å². The van der Waals surface area contributed by atoms with Crippen LogP contribution in [-0.4, -0.2) is 29.1 Å². The first kappa shape index (κ1) is 8.20. The summed E-state index contributed by atoms with van der Waals surface area (Å²) in [5.41, 5.74) is 0. The van der Waals surface area contributed by atoms with Crippen LogP contribution in [0, 0.1) is 0 Å². The number of hydrogen-bond donors (Lipinski definition) is 1. The van der Waals surface area contributed by atoms with Crippen LogP contribution in [-0.2, 0) is 14.3 Å². The van der Waals surface area contributed by atoms with Gasteiger partial charge in [-0.1, -0.05) is 13.3 Å². The molecule has 0 spiro atoms. The Bertz CT molecular complexity index is 187. The summed E-state index contributed by atoms with van der Waals surface area (Å²) in [6.45, 7) is 1.89. The first-order valence-electron chi connectivity index (χ1n) is 3.59. The lowest BCUT2D eigenvalue weighted by Gasteiger charge is -2.08. The maximum absolute atomic E-state index is 10.7. The molecular formula is C7H10O4. The minimum atomic E-state index is -1.23. The number of ether oxygens (including phenoxy) is 1. The average molecular weight is 158 g/mol. The Hall–Kier alpha value is -0.900. The summed E-state index contributed by atoms with van der Waals surface area (Å²) in [5.74, 6) is -1.72. The number of aliphatic hydroxyl groups excluding tert-OH is 1. The molecule has 0 aliphatic carbocycles. The number of hydrogen-bond acceptors (Lipinski definition) is 4.